The van der Waals surface area contributed by atoms with Crippen molar-refractivity contribution in [3.8, 4) is 0 Å². The SMILES string of the molecule is CCCCCCCCCCCCCCCCCCCCCCCC(=O)O[C@H](COC(=O)CCCCCCCCCCCCC)COP(=O)(O)OC[C@@H](O)COP(=O)(O)OC[C@@H](COC(=O)CCCCCCCCC)OC(=O)CCCCCCCCC(C)C. The van der Waals surface area contributed by atoms with Crippen molar-refractivity contribution in [1.29, 1.82) is 0 Å². The molecule has 0 aliphatic carbocycles. The molecular weight excluding hydrogens is 1160 g/mol. The van der Waals surface area contributed by atoms with Crippen molar-refractivity contribution >= 4 is 39.5 Å². The van der Waals surface area contributed by atoms with E-state index in [1.165, 1.54) is 167 Å². The summed E-state index contributed by atoms with van der Waals surface area (Å²) in [7, 11) is -9.89. The van der Waals surface area contributed by atoms with E-state index < -0.39 is 97.5 Å². The number of aliphatic hydroxyl groups excluding tert-OH is 1. The van der Waals surface area contributed by atoms with Gasteiger partial charge in [0.05, 0.1) is 26.4 Å². The van der Waals surface area contributed by atoms with E-state index in [9.17, 15) is 43.2 Å². The number of carbonyl (C=O) groups is 4. The first-order chi connectivity index (χ1) is 42.5. The predicted molar refractivity (Wildman–Crippen MR) is 354 cm³/mol. The Morgan fingerprint density at radius 3 is 0.773 bits per heavy atom. The molecular formula is C69H134O17P2. The molecule has 522 valence electrons. The second-order valence-electron chi connectivity index (χ2n) is 25.4. The van der Waals surface area contributed by atoms with Crippen LogP contribution in [0.15, 0.2) is 0 Å². The van der Waals surface area contributed by atoms with E-state index in [1.54, 1.807) is 0 Å². The predicted octanol–water partition coefficient (Wildman–Crippen LogP) is 19.7. The van der Waals surface area contributed by atoms with Crippen LogP contribution in [0.1, 0.15) is 356 Å². The number of hydrogen-bond acceptors (Lipinski definition) is 15. The van der Waals surface area contributed by atoms with Crippen molar-refractivity contribution in [2.75, 3.05) is 39.6 Å². The molecule has 0 fully saturated rings. The fraction of sp³-hybridized carbons (Fsp3) is 0.942. The molecule has 0 aromatic carbocycles. The van der Waals surface area contributed by atoms with Gasteiger partial charge in [0.15, 0.2) is 12.2 Å². The minimum Gasteiger partial charge on any atom is -0.462 e. The first-order valence-electron chi connectivity index (χ1n) is 36.1. The third-order valence-corrected chi connectivity index (χ3v) is 17.9. The molecule has 3 N–H and O–H groups in total. The van der Waals surface area contributed by atoms with Gasteiger partial charge in [-0.3, -0.25) is 37.3 Å². The number of unbranched alkanes of at least 4 members (excludes halogenated alkanes) is 41. The zero-order valence-corrected chi connectivity index (χ0v) is 58.6. The zero-order chi connectivity index (χ0) is 64.9. The Labute approximate surface area is 537 Å². The summed E-state index contributed by atoms with van der Waals surface area (Å²) in [6.45, 7) is 7.09. The molecule has 0 aromatic rings. The molecule has 0 saturated heterocycles. The van der Waals surface area contributed by atoms with E-state index in [-0.39, 0.29) is 25.7 Å². The lowest BCUT2D eigenvalue weighted by atomic mass is 10.0. The van der Waals surface area contributed by atoms with E-state index in [1.807, 2.05) is 0 Å². The van der Waals surface area contributed by atoms with Gasteiger partial charge in [-0.1, -0.05) is 304 Å². The van der Waals surface area contributed by atoms with Crippen molar-refractivity contribution < 1.29 is 80.2 Å². The van der Waals surface area contributed by atoms with Gasteiger partial charge in [-0.25, -0.2) is 9.13 Å². The summed E-state index contributed by atoms with van der Waals surface area (Å²) in [5.74, 6) is -1.46. The van der Waals surface area contributed by atoms with E-state index in [0.717, 1.165) is 103 Å². The Kier molecular flexibility index (Phi) is 61.1. The van der Waals surface area contributed by atoms with Crippen LogP contribution in [-0.4, -0.2) is 96.7 Å². The van der Waals surface area contributed by atoms with Crippen LogP contribution in [0.4, 0.5) is 0 Å². The van der Waals surface area contributed by atoms with Gasteiger partial charge in [-0.15, -0.1) is 0 Å². The van der Waals surface area contributed by atoms with Gasteiger partial charge in [0.1, 0.15) is 19.3 Å². The minimum atomic E-state index is -4.95. The molecule has 0 radical (unpaired) electrons. The summed E-state index contributed by atoms with van der Waals surface area (Å²) in [4.78, 5) is 72.2. The highest BCUT2D eigenvalue weighted by atomic mass is 31.2. The molecule has 0 heterocycles. The Morgan fingerprint density at radius 1 is 0.307 bits per heavy atom. The average molecular weight is 1300 g/mol. The number of esters is 4. The smallest absolute Gasteiger partial charge is 0.462 e. The van der Waals surface area contributed by atoms with Crippen LogP contribution in [0.25, 0.3) is 0 Å². The first kappa shape index (κ1) is 86.1. The largest absolute Gasteiger partial charge is 0.472 e. The van der Waals surface area contributed by atoms with Gasteiger partial charge in [0, 0.05) is 25.7 Å². The van der Waals surface area contributed by atoms with Crippen LogP contribution in [0.2, 0.25) is 0 Å². The van der Waals surface area contributed by atoms with Crippen LogP contribution in [0, 0.1) is 5.92 Å². The number of carbonyl (C=O) groups excluding carboxylic acids is 4. The second-order valence-corrected chi connectivity index (χ2v) is 28.3. The zero-order valence-electron chi connectivity index (χ0n) is 56.9. The Balaban J connectivity index is 5.11. The van der Waals surface area contributed by atoms with Gasteiger partial charge in [-0.2, -0.15) is 0 Å². The maximum Gasteiger partial charge on any atom is 0.472 e. The quantitative estimate of drug-likeness (QED) is 0.0222. The number of phosphoric acid groups is 2. The van der Waals surface area contributed by atoms with Crippen molar-refractivity contribution in [3.05, 3.63) is 0 Å². The lowest BCUT2D eigenvalue weighted by molar-refractivity contribution is -0.161. The maximum absolute atomic E-state index is 13.0. The van der Waals surface area contributed by atoms with E-state index in [0.29, 0.717) is 31.6 Å². The second kappa shape index (κ2) is 62.5. The number of rotatable bonds is 69. The van der Waals surface area contributed by atoms with Crippen molar-refractivity contribution in [2.24, 2.45) is 5.92 Å². The van der Waals surface area contributed by atoms with Crippen LogP contribution in [-0.2, 0) is 65.4 Å². The van der Waals surface area contributed by atoms with Crippen LogP contribution < -0.4 is 0 Å². The van der Waals surface area contributed by atoms with Crippen molar-refractivity contribution in [2.45, 2.75) is 374 Å². The Bertz CT molecular complexity index is 1700. The fourth-order valence-corrected chi connectivity index (χ4v) is 12.0. The maximum atomic E-state index is 13.0. The topological polar surface area (TPSA) is 237 Å². The number of phosphoric ester groups is 2. The Morgan fingerprint density at radius 2 is 0.523 bits per heavy atom. The van der Waals surface area contributed by atoms with Crippen LogP contribution >= 0.6 is 15.6 Å². The lowest BCUT2D eigenvalue weighted by Crippen LogP contribution is -2.30. The summed E-state index contributed by atoms with van der Waals surface area (Å²) in [6, 6.07) is 0. The highest BCUT2D eigenvalue weighted by Gasteiger charge is 2.30. The van der Waals surface area contributed by atoms with Gasteiger partial charge in [0.2, 0.25) is 0 Å². The molecule has 0 aliphatic rings. The van der Waals surface area contributed by atoms with Crippen molar-refractivity contribution in [3.63, 3.8) is 0 Å². The molecule has 5 atom stereocenters. The molecule has 2 unspecified atom stereocenters. The first-order valence-corrected chi connectivity index (χ1v) is 39.1. The minimum absolute atomic E-state index is 0.102. The third kappa shape index (κ3) is 62.8. The van der Waals surface area contributed by atoms with Crippen molar-refractivity contribution in [1.82, 2.24) is 0 Å². The van der Waals surface area contributed by atoms with Gasteiger partial charge in [-0.05, 0) is 31.6 Å². The Hall–Kier alpha value is -1.94. The summed E-state index contributed by atoms with van der Waals surface area (Å²) in [5, 5.41) is 10.5. The lowest BCUT2D eigenvalue weighted by Gasteiger charge is -2.21. The van der Waals surface area contributed by atoms with E-state index >= 15 is 0 Å². The molecule has 17 nitrogen and oxygen atoms in total. The normalized spacial score (nSPS) is 14.1. The molecule has 0 spiro atoms. The third-order valence-electron chi connectivity index (χ3n) is 16.0. The number of aliphatic hydroxyl groups is 1. The van der Waals surface area contributed by atoms with E-state index in [2.05, 4.69) is 34.6 Å². The molecule has 0 rings (SSSR count). The van der Waals surface area contributed by atoms with Gasteiger partial charge < -0.3 is 33.8 Å². The summed E-state index contributed by atoms with van der Waals surface area (Å²) < 4.78 is 68.0. The molecule has 19 heteroatoms. The summed E-state index contributed by atoms with van der Waals surface area (Å²) in [6.07, 6.45) is 49.1. The monoisotopic (exact) mass is 1300 g/mol. The summed E-state index contributed by atoms with van der Waals surface area (Å²) >= 11 is 0. The van der Waals surface area contributed by atoms with Crippen LogP contribution in [0.3, 0.4) is 0 Å². The van der Waals surface area contributed by atoms with E-state index in [4.69, 9.17) is 37.0 Å². The molecule has 0 aromatic heterocycles. The molecule has 0 bridgehead atoms. The standard InChI is InChI=1S/C69H134O17P2/c1-6-9-12-15-18-20-22-23-24-25-26-27-28-29-30-31-33-35-38-44-49-54-68(73)85-64(59-80-67(72)53-48-43-37-34-32-21-19-16-13-10-7-2)60-83-87(75,76)81-56-63(70)57-82-88(77,78)84-61-65(58-79-66(71)52-47-42-36-17-14-11-8-3)86-69(74)55-50-45-40-39-41-46-51-62(4)5/h62-65,70H,6-61H2,1-5H3,(H,75,76)(H,77,78)/t63-,64-,65-/m1/s1. The van der Waals surface area contributed by atoms with Gasteiger partial charge in [0.25, 0.3) is 0 Å². The highest BCUT2D eigenvalue weighted by Crippen LogP contribution is 2.45. The summed E-state index contributed by atoms with van der Waals surface area (Å²) in [5.41, 5.74) is 0. The molecule has 88 heavy (non-hydrogen) atoms. The fourth-order valence-electron chi connectivity index (χ4n) is 10.5. The molecule has 0 amide bonds. The highest BCUT2D eigenvalue weighted by molar-refractivity contribution is 7.47. The van der Waals surface area contributed by atoms with Gasteiger partial charge >= 0.3 is 39.5 Å². The number of hydrogen-bond donors (Lipinski definition) is 3. The molecule has 0 aliphatic heterocycles. The number of ether oxygens (including phenoxy) is 4. The average Bonchev–Trinajstić information content (AvgIpc) is 3.60. The van der Waals surface area contributed by atoms with Crippen LogP contribution in [0.5, 0.6) is 0 Å². The molecule has 0 saturated carbocycles.